The van der Waals surface area contributed by atoms with E-state index in [1.165, 1.54) is 6.92 Å². The van der Waals surface area contributed by atoms with E-state index in [1.54, 1.807) is 23.3 Å². The maximum Gasteiger partial charge on any atom is 0.305 e. The van der Waals surface area contributed by atoms with Gasteiger partial charge in [-0.3, -0.25) is 9.59 Å². The molecule has 0 rings (SSSR count). The standard InChI is InChI=1S/C13H19NO3.C2H6/c1-4-6-12(11(3)15)10-14(8-5-2)9-7-13(16)17;1-2/h4-5,10H,1-2,6-9H2,3H3,(H,16,17);1-2H3/b12-10+;. The number of rotatable bonds is 9. The Morgan fingerprint density at radius 1 is 1.21 bits per heavy atom. The summed E-state index contributed by atoms with van der Waals surface area (Å²) >= 11 is 0. The molecule has 0 saturated carbocycles. The van der Waals surface area contributed by atoms with Crippen LogP contribution in [0, 0.1) is 0 Å². The Bertz CT molecular complexity index is 332. The van der Waals surface area contributed by atoms with Crippen molar-refractivity contribution in [1.29, 1.82) is 0 Å². The molecule has 0 aromatic rings. The van der Waals surface area contributed by atoms with Crippen LogP contribution in [0.5, 0.6) is 0 Å². The SMILES string of the molecule is C=CC/C(=C\N(CC=C)CCC(=O)O)C(C)=O.CC. The Hall–Kier alpha value is -1.84. The van der Waals surface area contributed by atoms with Gasteiger partial charge in [-0.15, -0.1) is 13.2 Å². The van der Waals surface area contributed by atoms with Gasteiger partial charge in [-0.1, -0.05) is 26.0 Å². The molecule has 0 heterocycles. The largest absolute Gasteiger partial charge is 0.481 e. The molecule has 4 heteroatoms. The van der Waals surface area contributed by atoms with Crippen molar-refractivity contribution in [3.63, 3.8) is 0 Å². The van der Waals surface area contributed by atoms with Crippen molar-refractivity contribution >= 4 is 11.8 Å². The summed E-state index contributed by atoms with van der Waals surface area (Å²) in [7, 11) is 0. The summed E-state index contributed by atoms with van der Waals surface area (Å²) in [5.41, 5.74) is 0.618. The highest BCUT2D eigenvalue weighted by Gasteiger charge is 2.06. The number of carboxylic acid groups (broad SMARTS) is 1. The van der Waals surface area contributed by atoms with Crippen LogP contribution in [-0.4, -0.2) is 34.8 Å². The van der Waals surface area contributed by atoms with Crippen molar-refractivity contribution in [3.05, 3.63) is 37.1 Å². The predicted octanol–water partition coefficient (Wildman–Crippen LogP) is 3.02. The Morgan fingerprint density at radius 2 is 1.79 bits per heavy atom. The second-order valence-corrected chi connectivity index (χ2v) is 3.63. The lowest BCUT2D eigenvalue weighted by atomic mass is 10.1. The molecule has 19 heavy (non-hydrogen) atoms. The van der Waals surface area contributed by atoms with Crippen LogP contribution in [0.25, 0.3) is 0 Å². The summed E-state index contributed by atoms with van der Waals surface area (Å²) in [6.07, 6.45) is 5.52. The van der Waals surface area contributed by atoms with E-state index in [1.807, 2.05) is 13.8 Å². The summed E-state index contributed by atoms with van der Waals surface area (Å²) in [6.45, 7) is 13.5. The number of hydrogen-bond donors (Lipinski definition) is 1. The van der Waals surface area contributed by atoms with Gasteiger partial charge in [0.1, 0.15) is 0 Å². The molecule has 108 valence electrons. The molecule has 4 nitrogen and oxygen atoms in total. The highest BCUT2D eigenvalue weighted by atomic mass is 16.4. The van der Waals surface area contributed by atoms with Crippen LogP contribution in [0.15, 0.2) is 37.1 Å². The number of hydrogen-bond acceptors (Lipinski definition) is 3. The molecule has 1 N–H and O–H groups in total. The summed E-state index contributed by atoms with van der Waals surface area (Å²) < 4.78 is 0. The monoisotopic (exact) mass is 267 g/mol. The number of carbonyl (C=O) groups excluding carboxylic acids is 1. The summed E-state index contributed by atoms with van der Waals surface area (Å²) in [6, 6.07) is 0. The van der Waals surface area contributed by atoms with Gasteiger partial charge in [0, 0.05) is 24.9 Å². The first kappa shape index (κ1) is 19.5. The van der Waals surface area contributed by atoms with Gasteiger partial charge in [-0.2, -0.15) is 0 Å². The van der Waals surface area contributed by atoms with Crippen molar-refractivity contribution in [1.82, 2.24) is 4.90 Å². The minimum absolute atomic E-state index is 0.0314. The van der Waals surface area contributed by atoms with Crippen molar-refractivity contribution < 1.29 is 14.7 Å². The Morgan fingerprint density at radius 3 is 2.16 bits per heavy atom. The van der Waals surface area contributed by atoms with Crippen LogP contribution in [0.3, 0.4) is 0 Å². The Labute approximate surface area is 116 Å². The third-order valence-corrected chi connectivity index (χ3v) is 2.13. The highest BCUT2D eigenvalue weighted by Crippen LogP contribution is 2.07. The van der Waals surface area contributed by atoms with Gasteiger partial charge < -0.3 is 10.0 Å². The van der Waals surface area contributed by atoms with Crippen LogP contribution in [0.2, 0.25) is 0 Å². The molecule has 0 bridgehead atoms. The molecule has 0 aromatic carbocycles. The van der Waals surface area contributed by atoms with Gasteiger partial charge in [0.2, 0.25) is 0 Å². The lowest BCUT2D eigenvalue weighted by molar-refractivity contribution is -0.137. The number of nitrogens with zero attached hydrogens (tertiary/aromatic N) is 1. The predicted molar refractivity (Wildman–Crippen MR) is 78.9 cm³/mol. The third kappa shape index (κ3) is 11.0. The zero-order valence-electron chi connectivity index (χ0n) is 12.2. The fraction of sp³-hybridized carbons (Fsp3) is 0.467. The topological polar surface area (TPSA) is 57.6 Å². The van der Waals surface area contributed by atoms with Crippen molar-refractivity contribution in [2.24, 2.45) is 0 Å². The van der Waals surface area contributed by atoms with E-state index in [4.69, 9.17) is 5.11 Å². The molecule has 0 unspecified atom stereocenters. The second kappa shape index (κ2) is 12.6. The van der Waals surface area contributed by atoms with Gasteiger partial charge in [0.15, 0.2) is 5.78 Å². The first-order chi connectivity index (χ1) is 9.01. The first-order valence-electron chi connectivity index (χ1n) is 6.40. The molecule has 0 atom stereocenters. The number of ketones is 1. The molecule has 0 fully saturated rings. The van der Waals surface area contributed by atoms with Crippen molar-refractivity contribution in [3.8, 4) is 0 Å². The average molecular weight is 267 g/mol. The van der Waals surface area contributed by atoms with Crippen LogP contribution in [0.1, 0.15) is 33.6 Å². The minimum Gasteiger partial charge on any atom is -0.481 e. The van der Waals surface area contributed by atoms with Gasteiger partial charge in [-0.05, 0) is 13.3 Å². The van der Waals surface area contributed by atoms with Crippen LogP contribution >= 0.6 is 0 Å². The second-order valence-electron chi connectivity index (χ2n) is 3.63. The average Bonchev–Trinajstić information content (AvgIpc) is 2.37. The molecule has 0 aliphatic heterocycles. The Kier molecular flexibility index (Phi) is 12.9. The summed E-state index contributed by atoms with van der Waals surface area (Å²) in [4.78, 5) is 23.6. The molecule has 0 aromatic heterocycles. The summed E-state index contributed by atoms with van der Waals surface area (Å²) in [5, 5.41) is 8.62. The highest BCUT2D eigenvalue weighted by molar-refractivity contribution is 5.93. The van der Waals surface area contributed by atoms with E-state index < -0.39 is 5.97 Å². The smallest absolute Gasteiger partial charge is 0.305 e. The van der Waals surface area contributed by atoms with Gasteiger partial charge in [0.05, 0.1) is 6.42 Å². The zero-order chi connectivity index (χ0) is 15.3. The molecule has 0 aliphatic rings. The molecule has 0 spiro atoms. The Balaban J connectivity index is 0. The first-order valence-corrected chi connectivity index (χ1v) is 6.40. The zero-order valence-corrected chi connectivity index (χ0v) is 12.2. The fourth-order valence-electron chi connectivity index (χ4n) is 1.28. The number of carboxylic acids is 1. The molecular weight excluding hydrogens is 242 g/mol. The fourth-order valence-corrected chi connectivity index (χ4v) is 1.28. The van der Waals surface area contributed by atoms with E-state index in [2.05, 4.69) is 13.2 Å². The quantitative estimate of drug-likeness (QED) is 0.515. The van der Waals surface area contributed by atoms with E-state index in [0.717, 1.165) is 0 Å². The molecule has 0 aliphatic carbocycles. The molecule has 0 radical (unpaired) electrons. The maximum absolute atomic E-state index is 11.3. The van der Waals surface area contributed by atoms with Gasteiger partial charge in [-0.25, -0.2) is 0 Å². The maximum atomic E-state index is 11.3. The van der Waals surface area contributed by atoms with Crippen LogP contribution < -0.4 is 0 Å². The van der Waals surface area contributed by atoms with E-state index in [-0.39, 0.29) is 12.2 Å². The molecular formula is C15H25NO3. The van der Waals surface area contributed by atoms with E-state index in [9.17, 15) is 9.59 Å². The number of Topliss-reactive ketones (excluding diaryl/α,β-unsaturated/α-hetero) is 1. The van der Waals surface area contributed by atoms with Crippen molar-refractivity contribution in [2.45, 2.75) is 33.6 Å². The van der Waals surface area contributed by atoms with E-state index >= 15 is 0 Å². The lowest BCUT2D eigenvalue weighted by Gasteiger charge is -2.18. The molecule has 0 saturated heterocycles. The van der Waals surface area contributed by atoms with Crippen LogP contribution in [0.4, 0.5) is 0 Å². The van der Waals surface area contributed by atoms with Crippen molar-refractivity contribution in [2.75, 3.05) is 13.1 Å². The van der Waals surface area contributed by atoms with Gasteiger partial charge in [0.25, 0.3) is 0 Å². The number of aliphatic carboxylic acids is 1. The number of carbonyl (C=O) groups is 2. The van der Waals surface area contributed by atoms with E-state index in [0.29, 0.717) is 25.1 Å². The lowest BCUT2D eigenvalue weighted by Crippen LogP contribution is -2.22. The molecule has 0 amide bonds. The normalized spacial score (nSPS) is 9.95. The minimum atomic E-state index is -0.861. The van der Waals surface area contributed by atoms with Gasteiger partial charge >= 0.3 is 5.97 Å². The summed E-state index contributed by atoms with van der Waals surface area (Å²) in [5.74, 6) is -0.894. The third-order valence-electron chi connectivity index (χ3n) is 2.13. The number of allylic oxidation sites excluding steroid dienone is 2. The van der Waals surface area contributed by atoms with Crippen LogP contribution in [-0.2, 0) is 9.59 Å².